The van der Waals surface area contributed by atoms with E-state index in [0.29, 0.717) is 30.1 Å². The average molecular weight is 381 g/mol. The van der Waals surface area contributed by atoms with Crippen LogP contribution in [0.4, 0.5) is 6.01 Å². The van der Waals surface area contributed by atoms with E-state index in [-0.39, 0.29) is 12.3 Å². The highest BCUT2D eigenvalue weighted by Crippen LogP contribution is 2.24. The average Bonchev–Trinajstić information content (AvgIpc) is 3.37. The fraction of sp³-hybridized carbons (Fsp3) is 0.400. The zero-order valence-corrected chi connectivity index (χ0v) is 15.8. The van der Waals surface area contributed by atoms with Gasteiger partial charge in [-0.15, -0.1) is 0 Å². The van der Waals surface area contributed by atoms with Crippen molar-refractivity contribution in [3.8, 4) is 11.4 Å². The summed E-state index contributed by atoms with van der Waals surface area (Å²) < 4.78 is 10.5. The van der Waals surface area contributed by atoms with Crippen LogP contribution in [0.2, 0.25) is 0 Å². The summed E-state index contributed by atoms with van der Waals surface area (Å²) in [5.74, 6) is 1.60. The Balaban J connectivity index is 1.23. The minimum atomic E-state index is -0.0389. The van der Waals surface area contributed by atoms with Gasteiger partial charge in [0.2, 0.25) is 11.7 Å². The Hall–Kier alpha value is -3.16. The molecule has 1 N–H and O–H groups in total. The van der Waals surface area contributed by atoms with Gasteiger partial charge >= 0.3 is 6.01 Å². The van der Waals surface area contributed by atoms with E-state index in [2.05, 4.69) is 25.5 Å². The predicted molar refractivity (Wildman–Crippen MR) is 103 cm³/mol. The van der Waals surface area contributed by atoms with Crippen molar-refractivity contribution in [2.45, 2.75) is 26.2 Å². The second kappa shape index (κ2) is 8.24. The van der Waals surface area contributed by atoms with Gasteiger partial charge in [-0.25, -0.2) is 0 Å². The number of benzene rings is 1. The van der Waals surface area contributed by atoms with Gasteiger partial charge in [0.1, 0.15) is 5.76 Å². The van der Waals surface area contributed by atoms with Gasteiger partial charge < -0.3 is 19.3 Å². The lowest BCUT2D eigenvalue weighted by molar-refractivity contribution is -0.120. The van der Waals surface area contributed by atoms with Gasteiger partial charge in [0, 0.05) is 31.3 Å². The maximum absolute atomic E-state index is 12.0. The number of hydrogen-bond acceptors (Lipinski definition) is 7. The molecule has 1 fully saturated rings. The first kappa shape index (κ1) is 18.2. The van der Waals surface area contributed by atoms with Crippen LogP contribution in [-0.4, -0.2) is 40.8 Å². The molecule has 146 valence electrons. The summed E-state index contributed by atoms with van der Waals surface area (Å²) in [6.45, 7) is 4.17. The Labute approximate surface area is 162 Å². The van der Waals surface area contributed by atoms with Crippen LogP contribution in [-0.2, 0) is 11.2 Å². The van der Waals surface area contributed by atoms with Gasteiger partial charge in [0.25, 0.3) is 0 Å². The molecule has 28 heavy (non-hydrogen) atoms. The first-order valence-electron chi connectivity index (χ1n) is 9.50. The summed E-state index contributed by atoms with van der Waals surface area (Å²) in [7, 11) is 0. The molecule has 0 saturated carbocycles. The third-order valence-corrected chi connectivity index (χ3v) is 4.93. The van der Waals surface area contributed by atoms with Crippen LogP contribution in [0.1, 0.15) is 24.3 Å². The predicted octanol–water partition coefficient (Wildman–Crippen LogP) is 2.61. The quantitative estimate of drug-likeness (QED) is 0.701. The van der Waals surface area contributed by atoms with Crippen LogP contribution >= 0.6 is 0 Å². The number of hydrogen-bond donors (Lipinski definition) is 1. The number of nitrogens with zero attached hydrogens (tertiary/aromatic N) is 4. The molecular weight excluding hydrogens is 358 g/mol. The van der Waals surface area contributed by atoms with Crippen molar-refractivity contribution in [3.05, 3.63) is 47.9 Å². The molecule has 1 aliphatic heterocycles. The van der Waals surface area contributed by atoms with E-state index in [1.165, 1.54) is 0 Å². The Morgan fingerprint density at radius 2 is 1.96 bits per heavy atom. The molecule has 1 aliphatic rings. The summed E-state index contributed by atoms with van der Waals surface area (Å²) >= 11 is 0. The highest BCUT2D eigenvalue weighted by Gasteiger charge is 2.23. The molecular formula is C20H23N5O3. The molecule has 4 rings (SSSR count). The Bertz CT molecular complexity index is 913. The van der Waals surface area contributed by atoms with Crippen LogP contribution in [0.5, 0.6) is 0 Å². The standard InChI is InChI=1S/C20H23N5O3/c1-14-11-17(27-23-14)12-18(26)21-13-15-7-9-25(10-8-15)20-22-19(24-28-20)16-5-3-2-4-6-16/h2-6,11,15H,7-10,12-13H2,1H3,(H,21,26). The summed E-state index contributed by atoms with van der Waals surface area (Å²) in [5.41, 5.74) is 1.73. The highest BCUT2D eigenvalue weighted by atomic mass is 16.5. The van der Waals surface area contributed by atoms with Crippen molar-refractivity contribution >= 4 is 11.9 Å². The van der Waals surface area contributed by atoms with E-state index in [0.717, 1.165) is 37.2 Å². The Morgan fingerprint density at radius 3 is 2.68 bits per heavy atom. The highest BCUT2D eigenvalue weighted by molar-refractivity contribution is 5.77. The van der Waals surface area contributed by atoms with Crippen molar-refractivity contribution in [3.63, 3.8) is 0 Å². The second-order valence-electron chi connectivity index (χ2n) is 7.11. The van der Waals surface area contributed by atoms with Gasteiger partial charge in [0.15, 0.2) is 0 Å². The van der Waals surface area contributed by atoms with Crippen LogP contribution < -0.4 is 10.2 Å². The number of piperidine rings is 1. The smallest absolute Gasteiger partial charge is 0.324 e. The molecule has 0 atom stereocenters. The third kappa shape index (κ3) is 4.39. The molecule has 8 nitrogen and oxygen atoms in total. The van der Waals surface area contributed by atoms with Crippen molar-refractivity contribution in [2.24, 2.45) is 5.92 Å². The van der Waals surface area contributed by atoms with Gasteiger partial charge in [-0.1, -0.05) is 40.6 Å². The van der Waals surface area contributed by atoms with Crippen LogP contribution in [0.25, 0.3) is 11.4 Å². The lowest BCUT2D eigenvalue weighted by Gasteiger charge is -2.30. The summed E-state index contributed by atoms with van der Waals surface area (Å²) in [5, 5.41) is 10.9. The van der Waals surface area contributed by atoms with E-state index in [4.69, 9.17) is 9.05 Å². The van der Waals surface area contributed by atoms with E-state index in [1.807, 2.05) is 37.3 Å². The maximum atomic E-state index is 12.0. The molecule has 0 bridgehead atoms. The summed E-state index contributed by atoms with van der Waals surface area (Å²) in [4.78, 5) is 18.7. The largest absolute Gasteiger partial charge is 0.361 e. The molecule has 3 aromatic rings. The van der Waals surface area contributed by atoms with Crippen molar-refractivity contribution in [1.82, 2.24) is 20.6 Å². The van der Waals surface area contributed by atoms with Crippen LogP contribution in [0.15, 0.2) is 45.4 Å². The third-order valence-electron chi connectivity index (χ3n) is 4.93. The molecule has 8 heteroatoms. The Kier molecular flexibility index (Phi) is 5.36. The molecule has 1 aromatic carbocycles. The summed E-state index contributed by atoms with van der Waals surface area (Å²) in [6, 6.07) is 12.1. The number of aromatic nitrogens is 3. The number of rotatable bonds is 6. The SMILES string of the molecule is Cc1cc(CC(=O)NCC2CCN(c3nc(-c4ccccc4)no3)CC2)on1. The lowest BCUT2D eigenvalue weighted by atomic mass is 9.97. The number of anilines is 1. The molecule has 0 aliphatic carbocycles. The number of nitrogens with one attached hydrogen (secondary N) is 1. The van der Waals surface area contributed by atoms with Crippen molar-refractivity contribution in [1.29, 1.82) is 0 Å². The monoisotopic (exact) mass is 381 g/mol. The lowest BCUT2D eigenvalue weighted by Crippen LogP contribution is -2.39. The fourth-order valence-electron chi connectivity index (χ4n) is 3.36. The molecule has 1 saturated heterocycles. The van der Waals surface area contributed by atoms with E-state index < -0.39 is 0 Å². The molecule has 0 radical (unpaired) electrons. The van der Waals surface area contributed by atoms with E-state index in [9.17, 15) is 4.79 Å². The number of aryl methyl sites for hydroxylation is 1. The number of carbonyl (C=O) groups is 1. The van der Waals surface area contributed by atoms with Gasteiger partial charge in [-0.05, 0) is 25.7 Å². The zero-order valence-electron chi connectivity index (χ0n) is 15.8. The zero-order chi connectivity index (χ0) is 19.3. The van der Waals surface area contributed by atoms with Gasteiger partial charge in [-0.3, -0.25) is 4.79 Å². The minimum Gasteiger partial charge on any atom is -0.361 e. The first-order valence-corrected chi connectivity index (χ1v) is 9.50. The second-order valence-corrected chi connectivity index (χ2v) is 7.11. The maximum Gasteiger partial charge on any atom is 0.324 e. The summed E-state index contributed by atoms with van der Waals surface area (Å²) in [6.07, 6.45) is 2.15. The van der Waals surface area contributed by atoms with Crippen LogP contribution in [0.3, 0.4) is 0 Å². The number of carbonyl (C=O) groups excluding carboxylic acids is 1. The molecule has 3 heterocycles. The normalized spacial score (nSPS) is 15.0. The fourth-order valence-corrected chi connectivity index (χ4v) is 3.36. The minimum absolute atomic E-state index is 0.0389. The first-order chi connectivity index (χ1) is 13.7. The van der Waals surface area contributed by atoms with Gasteiger partial charge in [-0.2, -0.15) is 4.98 Å². The van der Waals surface area contributed by atoms with Gasteiger partial charge in [0.05, 0.1) is 12.1 Å². The van der Waals surface area contributed by atoms with Crippen LogP contribution in [0, 0.1) is 12.8 Å². The number of amides is 1. The Morgan fingerprint density at radius 1 is 1.18 bits per heavy atom. The topological polar surface area (TPSA) is 97.3 Å². The molecule has 1 amide bonds. The van der Waals surface area contributed by atoms with Crippen molar-refractivity contribution < 1.29 is 13.8 Å². The molecule has 0 unspecified atom stereocenters. The van der Waals surface area contributed by atoms with Crippen molar-refractivity contribution in [2.75, 3.05) is 24.5 Å². The van der Waals surface area contributed by atoms with E-state index in [1.54, 1.807) is 6.07 Å². The molecule has 2 aromatic heterocycles. The molecule has 0 spiro atoms. The van der Waals surface area contributed by atoms with E-state index >= 15 is 0 Å².